The van der Waals surface area contributed by atoms with E-state index in [0.717, 1.165) is 5.56 Å². The van der Waals surface area contributed by atoms with Crippen molar-refractivity contribution >= 4 is 23.7 Å². The minimum atomic E-state index is -0.602. The van der Waals surface area contributed by atoms with Gasteiger partial charge in [-0.3, -0.25) is 4.79 Å². The summed E-state index contributed by atoms with van der Waals surface area (Å²) in [6, 6.07) is 6.77. The van der Waals surface area contributed by atoms with E-state index in [-0.39, 0.29) is 30.2 Å². The number of carbonyl (C=O) groups excluding carboxylic acids is 2. The van der Waals surface area contributed by atoms with Gasteiger partial charge >= 0.3 is 5.97 Å². The molecule has 0 fully saturated rings. The maximum Gasteiger partial charge on any atom is 0.343 e. The predicted molar refractivity (Wildman–Crippen MR) is 88.5 cm³/mol. The van der Waals surface area contributed by atoms with E-state index in [2.05, 4.69) is 4.99 Å². The number of primary amides is 1. The quantitative estimate of drug-likeness (QED) is 0.772. The first-order valence-electron chi connectivity index (χ1n) is 7.31. The predicted octanol–water partition coefficient (Wildman–Crippen LogP) is 1.74. The van der Waals surface area contributed by atoms with Crippen molar-refractivity contribution in [1.29, 1.82) is 0 Å². The largest absolute Gasteiger partial charge is 0.505 e. The summed E-state index contributed by atoms with van der Waals surface area (Å²) < 4.78 is 10.1. The SMILES string of the molecule is CCOC(=O)C1=C(O)/C(=C/c2ccc(OCC(N)=O)cc2)N=C1C. The Bertz CT molecular complexity index is 745. The number of carbonyl (C=O) groups is 2. The Hall–Kier alpha value is -3.09. The number of esters is 1. The van der Waals surface area contributed by atoms with Crippen LogP contribution in [0.5, 0.6) is 5.75 Å². The fraction of sp³-hybridized carbons (Fsp3) is 0.235. The third kappa shape index (κ3) is 4.01. The van der Waals surface area contributed by atoms with E-state index in [1.165, 1.54) is 0 Å². The summed E-state index contributed by atoms with van der Waals surface area (Å²) in [7, 11) is 0. The zero-order valence-corrected chi connectivity index (χ0v) is 13.4. The van der Waals surface area contributed by atoms with Gasteiger partial charge in [0.25, 0.3) is 5.91 Å². The fourth-order valence-electron chi connectivity index (χ4n) is 2.11. The van der Waals surface area contributed by atoms with E-state index >= 15 is 0 Å². The molecule has 0 saturated carbocycles. The average Bonchev–Trinajstić information content (AvgIpc) is 2.81. The van der Waals surface area contributed by atoms with Crippen LogP contribution in [0, 0.1) is 0 Å². The Morgan fingerprint density at radius 1 is 1.29 bits per heavy atom. The second-order valence-corrected chi connectivity index (χ2v) is 4.99. The van der Waals surface area contributed by atoms with Crippen LogP contribution in [0.4, 0.5) is 0 Å². The number of nitrogens with two attached hydrogens (primary N) is 1. The van der Waals surface area contributed by atoms with E-state index in [1.807, 2.05) is 0 Å². The lowest BCUT2D eigenvalue weighted by atomic mass is 10.1. The highest BCUT2D eigenvalue weighted by Crippen LogP contribution is 2.26. The minimum absolute atomic E-state index is 0.0736. The van der Waals surface area contributed by atoms with Crippen LogP contribution in [0.2, 0.25) is 0 Å². The number of benzene rings is 1. The molecule has 1 aromatic rings. The van der Waals surface area contributed by atoms with Gasteiger partial charge in [-0.25, -0.2) is 9.79 Å². The molecule has 1 aliphatic heterocycles. The molecule has 7 heteroatoms. The van der Waals surface area contributed by atoms with Gasteiger partial charge in [-0.2, -0.15) is 0 Å². The second kappa shape index (κ2) is 7.45. The van der Waals surface area contributed by atoms with Gasteiger partial charge in [0.2, 0.25) is 0 Å². The monoisotopic (exact) mass is 330 g/mol. The Morgan fingerprint density at radius 2 is 1.96 bits per heavy atom. The van der Waals surface area contributed by atoms with Crippen LogP contribution in [-0.4, -0.2) is 35.9 Å². The van der Waals surface area contributed by atoms with Crippen molar-refractivity contribution in [3.8, 4) is 5.75 Å². The van der Waals surface area contributed by atoms with Crippen molar-refractivity contribution in [2.24, 2.45) is 10.7 Å². The van der Waals surface area contributed by atoms with Crippen molar-refractivity contribution in [1.82, 2.24) is 0 Å². The van der Waals surface area contributed by atoms with Crippen molar-refractivity contribution in [2.45, 2.75) is 13.8 Å². The minimum Gasteiger partial charge on any atom is -0.505 e. The first-order valence-corrected chi connectivity index (χ1v) is 7.31. The number of hydrogen-bond acceptors (Lipinski definition) is 6. The summed E-state index contributed by atoms with van der Waals surface area (Å²) >= 11 is 0. The molecule has 2 rings (SSSR count). The maximum atomic E-state index is 11.8. The average molecular weight is 330 g/mol. The van der Waals surface area contributed by atoms with Gasteiger partial charge in [0.1, 0.15) is 17.0 Å². The van der Waals surface area contributed by atoms with Gasteiger partial charge in [0, 0.05) is 0 Å². The third-order valence-electron chi connectivity index (χ3n) is 3.17. The van der Waals surface area contributed by atoms with Crippen LogP contribution < -0.4 is 10.5 Å². The third-order valence-corrected chi connectivity index (χ3v) is 3.17. The molecular formula is C17H18N2O5. The molecule has 0 atom stereocenters. The van der Waals surface area contributed by atoms with Crippen LogP contribution in [0.25, 0.3) is 6.08 Å². The van der Waals surface area contributed by atoms with Gasteiger partial charge < -0.3 is 20.3 Å². The lowest BCUT2D eigenvalue weighted by Crippen LogP contribution is -2.19. The van der Waals surface area contributed by atoms with Crippen LogP contribution in [0.1, 0.15) is 19.4 Å². The highest BCUT2D eigenvalue weighted by Gasteiger charge is 2.27. The van der Waals surface area contributed by atoms with Crippen LogP contribution >= 0.6 is 0 Å². The van der Waals surface area contributed by atoms with Gasteiger partial charge in [-0.05, 0) is 37.6 Å². The zero-order valence-electron chi connectivity index (χ0n) is 13.4. The number of hydrogen-bond donors (Lipinski definition) is 2. The molecule has 0 aromatic heterocycles. The molecule has 1 heterocycles. The van der Waals surface area contributed by atoms with E-state index in [9.17, 15) is 14.7 Å². The van der Waals surface area contributed by atoms with Gasteiger partial charge in [0.05, 0.1) is 12.3 Å². The lowest BCUT2D eigenvalue weighted by molar-refractivity contribution is -0.138. The molecule has 0 spiro atoms. The highest BCUT2D eigenvalue weighted by molar-refractivity contribution is 6.22. The molecule has 24 heavy (non-hydrogen) atoms. The molecule has 7 nitrogen and oxygen atoms in total. The number of nitrogens with zero attached hydrogens (tertiary/aromatic N) is 1. The topological polar surface area (TPSA) is 111 Å². The summed E-state index contributed by atoms with van der Waals surface area (Å²) in [5, 5.41) is 10.2. The first kappa shape index (κ1) is 17.3. The lowest BCUT2D eigenvalue weighted by Gasteiger charge is -2.04. The van der Waals surface area contributed by atoms with Crippen LogP contribution in [0.3, 0.4) is 0 Å². The Labute approximate surface area is 139 Å². The number of amides is 1. The smallest absolute Gasteiger partial charge is 0.343 e. The van der Waals surface area contributed by atoms with Crippen molar-refractivity contribution < 1.29 is 24.2 Å². The summed E-state index contributed by atoms with van der Waals surface area (Å²) in [5.74, 6) is -0.873. The molecule has 0 bridgehead atoms. The summed E-state index contributed by atoms with van der Waals surface area (Å²) in [5.41, 5.74) is 6.50. The number of aliphatic imine (C=N–C) groups is 1. The van der Waals surface area contributed by atoms with E-state index < -0.39 is 11.9 Å². The number of rotatable bonds is 6. The normalized spacial score (nSPS) is 15.4. The standard InChI is InChI=1S/C17H18N2O5/c1-3-23-17(22)15-10(2)19-13(16(15)21)8-11-4-6-12(7-5-11)24-9-14(18)20/h4-8,21H,3,9H2,1-2H3,(H2,18,20)/b13-8-. The number of aliphatic hydroxyl groups excluding tert-OH is 1. The Balaban J connectivity index is 2.19. The molecular weight excluding hydrogens is 312 g/mol. The van der Waals surface area contributed by atoms with Gasteiger partial charge in [-0.15, -0.1) is 0 Å². The van der Waals surface area contributed by atoms with E-state index in [0.29, 0.717) is 11.5 Å². The van der Waals surface area contributed by atoms with E-state index in [1.54, 1.807) is 44.2 Å². The van der Waals surface area contributed by atoms with Crippen molar-refractivity contribution in [2.75, 3.05) is 13.2 Å². The summed E-state index contributed by atoms with van der Waals surface area (Å²) in [6.45, 7) is 3.34. The molecule has 1 aliphatic rings. The second-order valence-electron chi connectivity index (χ2n) is 4.99. The van der Waals surface area contributed by atoms with Crippen molar-refractivity contribution in [3.63, 3.8) is 0 Å². The summed E-state index contributed by atoms with van der Waals surface area (Å²) in [4.78, 5) is 26.7. The van der Waals surface area contributed by atoms with E-state index in [4.69, 9.17) is 15.2 Å². The van der Waals surface area contributed by atoms with Crippen LogP contribution in [-0.2, 0) is 14.3 Å². The fourth-order valence-corrected chi connectivity index (χ4v) is 2.11. The first-order chi connectivity index (χ1) is 11.4. The molecule has 3 N–H and O–H groups in total. The van der Waals surface area contributed by atoms with Gasteiger partial charge in [-0.1, -0.05) is 12.1 Å². The summed E-state index contributed by atoms with van der Waals surface area (Å²) in [6.07, 6.45) is 1.63. The Morgan fingerprint density at radius 3 is 2.54 bits per heavy atom. The molecule has 0 saturated heterocycles. The molecule has 1 aromatic carbocycles. The maximum absolute atomic E-state index is 11.8. The molecule has 0 radical (unpaired) electrons. The highest BCUT2D eigenvalue weighted by atomic mass is 16.5. The molecule has 0 unspecified atom stereocenters. The van der Waals surface area contributed by atoms with Gasteiger partial charge in [0.15, 0.2) is 12.4 Å². The molecule has 126 valence electrons. The molecule has 1 amide bonds. The Kier molecular flexibility index (Phi) is 5.36. The molecule has 0 aliphatic carbocycles. The van der Waals surface area contributed by atoms with Crippen molar-refractivity contribution in [3.05, 3.63) is 46.9 Å². The van der Waals surface area contributed by atoms with Crippen LogP contribution in [0.15, 0.2) is 46.3 Å². The number of ether oxygens (including phenoxy) is 2. The number of aliphatic hydroxyl groups is 1. The zero-order chi connectivity index (χ0) is 17.7.